The predicted molar refractivity (Wildman–Crippen MR) is 91.3 cm³/mol. The van der Waals surface area contributed by atoms with Crippen LogP contribution in [-0.2, 0) is 0 Å². The second-order valence-electron chi connectivity index (χ2n) is 3.93. The van der Waals surface area contributed by atoms with E-state index in [1.54, 1.807) is 0 Å². The summed E-state index contributed by atoms with van der Waals surface area (Å²) in [4.78, 5) is 16.4. The fourth-order valence-electron chi connectivity index (χ4n) is 1.70. The molecule has 4 nitrogen and oxygen atoms in total. The Kier molecular flexibility index (Phi) is 7.99. The van der Waals surface area contributed by atoms with Gasteiger partial charge in [0.15, 0.2) is 0 Å². The molecule has 0 fully saturated rings. The van der Waals surface area contributed by atoms with Crippen LogP contribution in [0.5, 0.6) is 0 Å². The van der Waals surface area contributed by atoms with Gasteiger partial charge in [-0.15, -0.1) is 0 Å². The summed E-state index contributed by atoms with van der Waals surface area (Å²) < 4.78 is 66.2. The van der Waals surface area contributed by atoms with E-state index in [1.165, 1.54) is 18.5 Å². The Bertz CT molecular complexity index is 737. The van der Waals surface area contributed by atoms with Gasteiger partial charge in [-0.1, -0.05) is 0 Å². The first-order valence-corrected chi connectivity index (χ1v) is 9.46. The van der Waals surface area contributed by atoms with Crippen LogP contribution in [0.3, 0.4) is 0 Å². The highest BCUT2D eigenvalue weighted by Gasteiger charge is 2.29. The molecule has 25 heavy (non-hydrogen) atoms. The third-order valence-corrected chi connectivity index (χ3v) is 6.00. The largest absolute Gasteiger partial charge is 0.317 e. The van der Waals surface area contributed by atoms with E-state index >= 15 is 0 Å². The van der Waals surface area contributed by atoms with Crippen LogP contribution in [-0.4, -0.2) is 15.9 Å². The van der Waals surface area contributed by atoms with Crippen LogP contribution in [0.1, 0.15) is 10.6 Å². The Labute approximate surface area is 160 Å². The van der Waals surface area contributed by atoms with Gasteiger partial charge in [-0.25, -0.2) is 9.97 Å². The van der Waals surface area contributed by atoms with Crippen LogP contribution in [0.2, 0.25) is 0 Å². The molecule has 0 saturated carbocycles. The highest BCUT2D eigenvalue weighted by molar-refractivity contribution is 8.00. The van der Waals surface area contributed by atoms with E-state index in [4.69, 9.17) is 0 Å². The number of halogens is 5. The molecule has 0 bridgehead atoms. The first-order chi connectivity index (χ1) is 12.1. The number of carbonyl (C=O) groups is 1. The summed E-state index contributed by atoms with van der Waals surface area (Å²) in [6, 6.07) is 1.44. The van der Waals surface area contributed by atoms with Crippen molar-refractivity contribution in [3.05, 3.63) is 24.3 Å². The van der Waals surface area contributed by atoms with E-state index in [0.29, 0.717) is 0 Å². The van der Waals surface area contributed by atoms with Gasteiger partial charge in [0.2, 0.25) is 5.82 Å². The smallest absolute Gasteiger partial charge is 0.293 e. The molecule has 0 atom stereocenters. The first kappa shape index (κ1) is 20.5. The number of benzene rings is 1. The summed E-state index contributed by atoms with van der Waals surface area (Å²) in [5.41, 5.74) is -0.546. The summed E-state index contributed by atoms with van der Waals surface area (Å²) in [6.07, 6.45) is 2.51. The summed E-state index contributed by atoms with van der Waals surface area (Å²) >= 11 is -2.77. The molecule has 0 aliphatic carbocycles. The van der Waals surface area contributed by atoms with E-state index < -0.39 is 96.8 Å². The number of anilines is 1. The van der Waals surface area contributed by atoms with Crippen molar-refractivity contribution in [1.29, 1.82) is 0 Å². The lowest BCUT2D eigenvalue weighted by Crippen LogP contribution is -2.16. The average molecular weight is 449 g/mol. The maximum absolute atomic E-state index is 13.3. The van der Waals surface area contributed by atoms with Gasteiger partial charge in [0.05, 0.1) is 90.9 Å². The van der Waals surface area contributed by atoms with Gasteiger partial charge in [0, 0.05) is 12.4 Å². The summed E-state index contributed by atoms with van der Waals surface area (Å²) in [5.74, 6) is -1.29. The van der Waals surface area contributed by atoms with Gasteiger partial charge in [0.25, 0.3) is 5.91 Å². The minimum absolute atomic E-state index is 0.333. The third kappa shape index (κ3) is 4.30. The van der Waals surface area contributed by atoms with E-state index in [0.717, 1.165) is 0 Å². The van der Waals surface area contributed by atoms with E-state index in [-0.39, 0.29) is 5.82 Å². The zero-order valence-electron chi connectivity index (χ0n) is 11.5. The van der Waals surface area contributed by atoms with Crippen molar-refractivity contribution in [3.8, 4) is 0 Å². The molecule has 1 aromatic heterocycles. The molecule has 0 unspecified atom stereocenters. The average Bonchev–Trinajstić information content (AvgIpc) is 2.66. The number of nitrogens with one attached hydrogen (secondary N) is 1. The number of aromatic nitrogens is 2. The molecule has 1 aromatic carbocycles. The van der Waals surface area contributed by atoms with Gasteiger partial charge < -0.3 is 5.32 Å². The van der Waals surface area contributed by atoms with Crippen molar-refractivity contribution < 1.29 is 24.2 Å². The Morgan fingerprint density at radius 3 is 1.56 bits per heavy atom. The lowest BCUT2D eigenvalue weighted by molar-refractivity contribution is 0.101. The lowest BCUT2D eigenvalue weighted by atomic mass is 10.3. The molecule has 0 aliphatic rings. The van der Waals surface area contributed by atoms with Crippen LogP contribution < -0.4 is 5.32 Å². The highest BCUT2D eigenvalue weighted by Crippen LogP contribution is 2.54. The number of carbonyl (C=O) groups excluding carboxylic acids is 1. The molecule has 14 heteroatoms. The minimum atomic E-state index is -0.962. The van der Waals surface area contributed by atoms with Crippen LogP contribution in [0.15, 0.2) is 42.9 Å². The number of nitrogens with zero attached hydrogens (tertiary/aromatic N) is 2. The number of amides is 1. The standard InChI is InChI=1S/C11H4F5N3OS5/c12-21-5-4(19-11(20)10-17-2-1-3-18-10)6(22-13)8(24-15)9(25-16)7(5)23-14/h1-3H,(H,19,20). The topological polar surface area (TPSA) is 54.9 Å². The summed E-state index contributed by atoms with van der Waals surface area (Å²) in [6.45, 7) is 0. The zero-order chi connectivity index (χ0) is 18.4. The number of rotatable bonds is 7. The monoisotopic (exact) mass is 449 g/mol. The van der Waals surface area contributed by atoms with E-state index in [9.17, 15) is 24.2 Å². The molecule has 1 heterocycles. The van der Waals surface area contributed by atoms with Gasteiger partial charge >= 0.3 is 0 Å². The fraction of sp³-hybridized carbons (Fsp3) is 0. The molecule has 0 spiro atoms. The van der Waals surface area contributed by atoms with Crippen molar-refractivity contribution in [2.45, 2.75) is 24.5 Å². The third-order valence-electron chi connectivity index (χ3n) is 2.67. The Morgan fingerprint density at radius 2 is 1.16 bits per heavy atom. The van der Waals surface area contributed by atoms with Gasteiger partial charge in [-0.2, -0.15) is 19.4 Å². The first-order valence-electron chi connectivity index (χ1n) is 5.88. The quantitative estimate of drug-likeness (QED) is 0.474. The minimum Gasteiger partial charge on any atom is -0.317 e. The number of hydrogen-bond acceptors (Lipinski definition) is 8. The Hall–Kier alpha value is -0.830. The molecule has 0 radical (unpaired) electrons. The highest BCUT2D eigenvalue weighted by atomic mass is 32.2. The SMILES string of the molecule is O=C(Nc1c(SF)c(SF)c(SF)c(SF)c1SF)c1ncccn1. The van der Waals surface area contributed by atoms with Crippen LogP contribution in [0, 0.1) is 0 Å². The Morgan fingerprint density at radius 1 is 0.760 bits per heavy atom. The molecular weight excluding hydrogens is 445 g/mol. The summed E-state index contributed by atoms with van der Waals surface area (Å²) in [7, 11) is 0. The predicted octanol–water partition coefficient (Wildman–Crippen LogP) is 6.61. The molecule has 0 saturated heterocycles. The Balaban J connectivity index is 2.64. The molecule has 134 valence electrons. The molecule has 2 rings (SSSR count). The molecule has 0 aliphatic heterocycles. The van der Waals surface area contributed by atoms with Crippen molar-refractivity contribution in [2.24, 2.45) is 0 Å². The van der Waals surface area contributed by atoms with E-state index in [2.05, 4.69) is 15.3 Å². The van der Waals surface area contributed by atoms with Crippen molar-refractivity contribution in [1.82, 2.24) is 9.97 Å². The van der Waals surface area contributed by atoms with Crippen LogP contribution in [0.4, 0.5) is 25.1 Å². The maximum atomic E-state index is 13.3. The lowest BCUT2D eigenvalue weighted by Gasteiger charge is -2.17. The second kappa shape index (κ2) is 9.75. The van der Waals surface area contributed by atoms with Gasteiger partial charge in [-0.05, 0) is 6.07 Å². The van der Waals surface area contributed by atoms with Crippen molar-refractivity contribution in [3.63, 3.8) is 0 Å². The molecule has 1 amide bonds. The fourth-order valence-corrected chi connectivity index (χ4v) is 4.55. The molecular formula is C11H4F5N3OS5. The van der Waals surface area contributed by atoms with Crippen molar-refractivity contribution in [2.75, 3.05) is 5.32 Å². The second-order valence-corrected chi connectivity index (χ2v) is 6.75. The van der Waals surface area contributed by atoms with Gasteiger partial charge in [-0.3, -0.25) is 4.79 Å². The molecule has 1 N–H and O–H groups in total. The van der Waals surface area contributed by atoms with Gasteiger partial charge in [0.1, 0.15) is 0 Å². The summed E-state index contributed by atoms with van der Waals surface area (Å²) in [5, 5.41) is 2.12. The van der Waals surface area contributed by atoms with E-state index in [1.807, 2.05) is 0 Å². The van der Waals surface area contributed by atoms with Crippen LogP contribution >= 0.6 is 60.7 Å². The van der Waals surface area contributed by atoms with Crippen molar-refractivity contribution >= 4 is 72.3 Å². The normalized spacial score (nSPS) is 10.8. The van der Waals surface area contributed by atoms with Crippen LogP contribution in [0.25, 0.3) is 0 Å². The zero-order valence-corrected chi connectivity index (χ0v) is 15.5. The maximum Gasteiger partial charge on any atom is 0.293 e. The molecule has 2 aromatic rings. The number of hydrogen-bond donors (Lipinski definition) is 1.